The van der Waals surface area contributed by atoms with Crippen LogP contribution in [0.1, 0.15) is 283 Å². The summed E-state index contributed by atoms with van der Waals surface area (Å²) in [6, 6.07) is 0.618. The molecule has 2 nitrogen and oxygen atoms in total. The Hall–Kier alpha value is -0.790. The highest BCUT2D eigenvalue weighted by molar-refractivity contribution is 4.90. The molecule has 0 spiro atoms. The highest BCUT2D eigenvalue weighted by atomic mass is 15.1. The predicted molar refractivity (Wildman–Crippen MR) is 216 cm³/mol. The molecule has 2 unspecified atom stereocenters. The second-order valence-corrected chi connectivity index (χ2v) is 16.1. The lowest BCUT2D eigenvalue weighted by Crippen LogP contribution is -2.41. The SMILES string of the molecule is CCCCCCCCCCCCCCCCCCC(CCCCCCCCCCCCCC)c1[nH]cc[n+]1C(C)CCCCCCCC. The molecule has 0 aromatic carbocycles. The third-order valence-corrected chi connectivity index (χ3v) is 11.4. The van der Waals surface area contributed by atoms with Gasteiger partial charge in [-0.1, -0.05) is 233 Å². The number of nitrogens with zero attached hydrogens (tertiary/aromatic N) is 1. The minimum atomic E-state index is 0.618. The zero-order valence-corrected chi connectivity index (χ0v) is 33.9. The predicted octanol–water partition coefficient (Wildman–Crippen LogP) is 16.4. The maximum absolute atomic E-state index is 3.77. The molecule has 2 heteroatoms. The van der Waals surface area contributed by atoms with E-state index in [1.807, 2.05) is 0 Å². The maximum atomic E-state index is 3.77. The van der Waals surface area contributed by atoms with Gasteiger partial charge in [0.25, 0.3) is 5.82 Å². The lowest BCUT2D eigenvalue weighted by atomic mass is 9.92. The maximum Gasteiger partial charge on any atom is 0.257 e. The molecule has 0 radical (unpaired) electrons. The van der Waals surface area contributed by atoms with E-state index >= 15 is 0 Å². The zero-order chi connectivity index (χ0) is 34.6. The minimum Gasteiger partial charge on any atom is -0.247 e. The van der Waals surface area contributed by atoms with Crippen molar-refractivity contribution in [2.75, 3.05) is 0 Å². The van der Waals surface area contributed by atoms with Gasteiger partial charge >= 0.3 is 0 Å². The lowest BCUT2D eigenvalue weighted by Gasteiger charge is -2.17. The quantitative estimate of drug-likeness (QED) is 0.0531. The van der Waals surface area contributed by atoms with Crippen LogP contribution in [0.5, 0.6) is 0 Å². The summed E-state index contributed by atoms with van der Waals surface area (Å²) in [5, 5.41) is 0. The van der Waals surface area contributed by atoms with Gasteiger partial charge in [-0.05, 0) is 32.6 Å². The summed E-state index contributed by atoms with van der Waals surface area (Å²) in [6.07, 6.45) is 57.6. The summed E-state index contributed by atoms with van der Waals surface area (Å²) in [6.45, 7) is 9.42. The average molecular weight is 672 g/mol. The van der Waals surface area contributed by atoms with Crippen LogP contribution >= 0.6 is 0 Å². The number of hydrogen-bond acceptors (Lipinski definition) is 0. The van der Waals surface area contributed by atoms with Crippen LogP contribution in [0.25, 0.3) is 0 Å². The molecule has 0 aliphatic carbocycles. The average Bonchev–Trinajstić information content (AvgIpc) is 3.59. The first-order chi connectivity index (χ1) is 23.7. The molecule has 2 atom stereocenters. The highest BCUT2D eigenvalue weighted by Gasteiger charge is 2.25. The normalized spacial score (nSPS) is 13.0. The number of H-pyrrole nitrogens is 1. The van der Waals surface area contributed by atoms with Crippen LogP contribution in [0, 0.1) is 0 Å². The van der Waals surface area contributed by atoms with Gasteiger partial charge in [0.1, 0.15) is 12.4 Å². The Labute approximate surface area is 304 Å². The summed E-state index contributed by atoms with van der Waals surface area (Å²) in [4.78, 5) is 3.77. The van der Waals surface area contributed by atoms with Gasteiger partial charge in [-0.25, -0.2) is 9.55 Å². The third-order valence-electron chi connectivity index (χ3n) is 11.4. The van der Waals surface area contributed by atoms with E-state index in [4.69, 9.17) is 0 Å². The van der Waals surface area contributed by atoms with E-state index in [-0.39, 0.29) is 0 Å². The lowest BCUT2D eigenvalue weighted by molar-refractivity contribution is -0.727. The number of nitrogens with one attached hydrogen (secondary N) is 1. The Morgan fingerprint density at radius 2 is 0.667 bits per heavy atom. The second kappa shape index (κ2) is 36.0. The molecule has 1 rings (SSSR count). The fourth-order valence-electron chi connectivity index (χ4n) is 8.02. The van der Waals surface area contributed by atoms with Crippen molar-refractivity contribution in [1.82, 2.24) is 4.98 Å². The van der Waals surface area contributed by atoms with E-state index in [0.29, 0.717) is 12.0 Å². The Balaban J connectivity index is 2.33. The van der Waals surface area contributed by atoms with E-state index < -0.39 is 0 Å². The summed E-state index contributed by atoms with van der Waals surface area (Å²) in [5.41, 5.74) is 0. The van der Waals surface area contributed by atoms with Crippen molar-refractivity contribution < 1.29 is 4.57 Å². The van der Waals surface area contributed by atoms with Crippen molar-refractivity contribution in [3.63, 3.8) is 0 Å². The number of hydrogen-bond donors (Lipinski definition) is 1. The molecule has 0 bridgehead atoms. The van der Waals surface area contributed by atoms with Crippen molar-refractivity contribution in [2.45, 2.75) is 277 Å². The Bertz CT molecular complexity index is 738. The number of rotatable bonds is 39. The molecule has 0 aliphatic heterocycles. The largest absolute Gasteiger partial charge is 0.257 e. The smallest absolute Gasteiger partial charge is 0.247 e. The van der Waals surface area contributed by atoms with Crippen LogP contribution in [0.15, 0.2) is 12.4 Å². The fraction of sp³-hybridized carbons (Fsp3) is 0.935. The summed E-state index contributed by atoms with van der Waals surface area (Å²) in [5.74, 6) is 2.25. The van der Waals surface area contributed by atoms with Gasteiger partial charge in [0.15, 0.2) is 0 Å². The molecular formula is C46H91N2+. The molecule has 0 amide bonds. The standard InChI is InChI=1S/C46H90N2/c1-5-8-11-14-17-19-21-23-24-25-26-28-30-32-35-38-41-45(40-37-34-31-29-27-22-20-18-15-12-9-6-2)46-47-42-43-48(46)44(4)39-36-33-16-13-10-7-3/h42-45H,5-41H2,1-4H3/p+1. The molecule has 1 N–H and O–H groups in total. The van der Waals surface area contributed by atoms with Gasteiger partial charge in [0.2, 0.25) is 0 Å². The first-order valence-electron chi connectivity index (χ1n) is 22.8. The van der Waals surface area contributed by atoms with Crippen LogP contribution in [0.2, 0.25) is 0 Å². The number of aromatic amines is 1. The Kier molecular flexibility index (Phi) is 33.9. The summed E-state index contributed by atoms with van der Waals surface area (Å²) in [7, 11) is 0. The third kappa shape index (κ3) is 27.0. The molecule has 1 heterocycles. The molecule has 0 saturated heterocycles. The van der Waals surface area contributed by atoms with Gasteiger partial charge in [-0.15, -0.1) is 0 Å². The first-order valence-corrected chi connectivity index (χ1v) is 22.8. The van der Waals surface area contributed by atoms with Gasteiger partial charge in [0.05, 0.1) is 12.0 Å². The number of aromatic nitrogens is 2. The highest BCUT2D eigenvalue weighted by Crippen LogP contribution is 2.27. The van der Waals surface area contributed by atoms with Crippen LogP contribution in [-0.4, -0.2) is 4.98 Å². The van der Waals surface area contributed by atoms with E-state index in [9.17, 15) is 0 Å². The van der Waals surface area contributed by atoms with Crippen molar-refractivity contribution in [3.8, 4) is 0 Å². The molecule has 284 valence electrons. The van der Waals surface area contributed by atoms with Gasteiger partial charge in [0, 0.05) is 0 Å². The van der Waals surface area contributed by atoms with Crippen molar-refractivity contribution in [1.29, 1.82) is 0 Å². The van der Waals surface area contributed by atoms with E-state index in [0.717, 1.165) is 0 Å². The number of unbranched alkanes of at least 4 members (excludes halogenated alkanes) is 31. The topological polar surface area (TPSA) is 19.7 Å². The summed E-state index contributed by atoms with van der Waals surface area (Å²) >= 11 is 0. The van der Waals surface area contributed by atoms with E-state index in [1.54, 1.807) is 0 Å². The van der Waals surface area contributed by atoms with Crippen molar-refractivity contribution in [2.24, 2.45) is 0 Å². The minimum absolute atomic E-state index is 0.618. The van der Waals surface area contributed by atoms with Crippen LogP contribution in [0.4, 0.5) is 0 Å². The van der Waals surface area contributed by atoms with Crippen molar-refractivity contribution >= 4 is 0 Å². The molecule has 0 saturated carbocycles. The second-order valence-electron chi connectivity index (χ2n) is 16.1. The Morgan fingerprint density at radius 1 is 0.396 bits per heavy atom. The van der Waals surface area contributed by atoms with Gasteiger partial charge in [-0.3, -0.25) is 0 Å². The van der Waals surface area contributed by atoms with E-state index in [1.165, 1.54) is 243 Å². The molecular weight excluding hydrogens is 581 g/mol. The van der Waals surface area contributed by atoms with E-state index in [2.05, 4.69) is 49.6 Å². The van der Waals surface area contributed by atoms with Crippen LogP contribution < -0.4 is 4.57 Å². The zero-order valence-electron chi connectivity index (χ0n) is 33.9. The monoisotopic (exact) mass is 672 g/mol. The van der Waals surface area contributed by atoms with Crippen LogP contribution in [-0.2, 0) is 0 Å². The molecule has 1 aromatic rings. The summed E-state index contributed by atoms with van der Waals surface area (Å²) < 4.78 is 2.64. The van der Waals surface area contributed by atoms with Crippen LogP contribution in [0.3, 0.4) is 0 Å². The molecule has 1 aromatic heterocycles. The first kappa shape index (κ1) is 45.2. The van der Waals surface area contributed by atoms with Gasteiger partial charge in [-0.2, -0.15) is 0 Å². The Morgan fingerprint density at radius 3 is 0.979 bits per heavy atom. The van der Waals surface area contributed by atoms with Gasteiger partial charge < -0.3 is 0 Å². The van der Waals surface area contributed by atoms with Crippen molar-refractivity contribution in [3.05, 3.63) is 18.2 Å². The fourth-order valence-corrected chi connectivity index (χ4v) is 8.02. The molecule has 0 aliphatic rings. The molecule has 48 heavy (non-hydrogen) atoms. The molecule has 0 fully saturated rings. The number of imidazole rings is 1.